The molecule has 1 saturated heterocycles. The molecule has 0 aromatic heterocycles. The molecular weight excluding hydrogens is 363 g/mol. The molecule has 3 rings (SSSR count). The van der Waals surface area contributed by atoms with Crippen LogP contribution in [-0.2, 0) is 6.18 Å². The fourth-order valence-corrected chi connectivity index (χ4v) is 3.58. The predicted octanol–water partition coefficient (Wildman–Crippen LogP) is 5.69. The number of hydrogen-bond donors (Lipinski definition) is 0. The first kappa shape index (κ1) is 18.8. The summed E-state index contributed by atoms with van der Waals surface area (Å²) in [7, 11) is 0. The van der Waals surface area contributed by atoms with Gasteiger partial charge < -0.3 is 4.90 Å². The molecule has 138 valence electrons. The van der Waals surface area contributed by atoms with Gasteiger partial charge in [0.2, 0.25) is 0 Å². The number of rotatable bonds is 2. The van der Waals surface area contributed by atoms with E-state index in [4.69, 9.17) is 11.6 Å². The molecule has 6 heteroatoms. The molecule has 2 nitrogen and oxygen atoms in total. The predicted molar refractivity (Wildman–Crippen MR) is 95.5 cm³/mol. The van der Waals surface area contributed by atoms with Gasteiger partial charge in [-0.2, -0.15) is 13.2 Å². The number of carbonyl (C=O) groups excluding carboxylic acids is 1. The molecule has 0 aliphatic carbocycles. The Morgan fingerprint density at radius 2 is 1.77 bits per heavy atom. The van der Waals surface area contributed by atoms with E-state index in [-0.39, 0.29) is 11.8 Å². The van der Waals surface area contributed by atoms with E-state index in [2.05, 4.69) is 0 Å². The summed E-state index contributed by atoms with van der Waals surface area (Å²) < 4.78 is 39.7. The van der Waals surface area contributed by atoms with Crippen molar-refractivity contribution in [1.82, 2.24) is 4.90 Å². The highest BCUT2D eigenvalue weighted by molar-refractivity contribution is 6.31. The van der Waals surface area contributed by atoms with Gasteiger partial charge in [-0.25, -0.2) is 0 Å². The highest BCUT2D eigenvalue weighted by atomic mass is 35.5. The molecule has 0 radical (unpaired) electrons. The lowest BCUT2D eigenvalue weighted by Crippen LogP contribution is -2.38. The molecule has 1 aliphatic heterocycles. The maximum absolute atomic E-state index is 13.2. The number of hydrogen-bond acceptors (Lipinski definition) is 1. The average molecular weight is 382 g/mol. The second-order valence-corrected chi connectivity index (χ2v) is 7.02. The van der Waals surface area contributed by atoms with E-state index in [0.29, 0.717) is 42.1 Å². The van der Waals surface area contributed by atoms with Crippen LogP contribution in [0, 0.1) is 6.92 Å². The Hall–Kier alpha value is -2.01. The van der Waals surface area contributed by atoms with Gasteiger partial charge in [0, 0.05) is 23.7 Å². The quantitative estimate of drug-likeness (QED) is 0.654. The van der Waals surface area contributed by atoms with Gasteiger partial charge in [-0.3, -0.25) is 4.79 Å². The summed E-state index contributed by atoms with van der Waals surface area (Å²) in [6.45, 7) is 2.72. The van der Waals surface area contributed by atoms with E-state index in [1.54, 1.807) is 35.2 Å². The highest BCUT2D eigenvalue weighted by Gasteiger charge is 2.36. The third kappa shape index (κ3) is 3.88. The fourth-order valence-electron chi connectivity index (χ4n) is 3.47. The van der Waals surface area contributed by atoms with Crippen LogP contribution < -0.4 is 0 Å². The summed E-state index contributed by atoms with van der Waals surface area (Å²) in [6, 6.07) is 10.8. The number of benzene rings is 2. The topological polar surface area (TPSA) is 20.3 Å². The summed E-state index contributed by atoms with van der Waals surface area (Å²) >= 11 is 5.99. The maximum atomic E-state index is 13.2. The molecule has 0 N–H and O–H groups in total. The number of alkyl halides is 3. The molecule has 1 aliphatic rings. The van der Waals surface area contributed by atoms with Gasteiger partial charge in [-0.1, -0.05) is 29.8 Å². The minimum Gasteiger partial charge on any atom is -0.339 e. The van der Waals surface area contributed by atoms with Crippen molar-refractivity contribution in [1.29, 1.82) is 0 Å². The average Bonchev–Trinajstić information content (AvgIpc) is 2.63. The molecule has 0 bridgehead atoms. The molecule has 0 saturated carbocycles. The van der Waals surface area contributed by atoms with Crippen molar-refractivity contribution in [3.8, 4) is 0 Å². The van der Waals surface area contributed by atoms with Gasteiger partial charge in [0.1, 0.15) is 0 Å². The summed E-state index contributed by atoms with van der Waals surface area (Å²) in [5.41, 5.74) is 1.14. The number of carbonyl (C=O) groups is 1. The zero-order valence-corrected chi connectivity index (χ0v) is 15.1. The first-order valence-electron chi connectivity index (χ1n) is 8.49. The van der Waals surface area contributed by atoms with Crippen LogP contribution in [0.4, 0.5) is 13.2 Å². The van der Waals surface area contributed by atoms with Crippen molar-refractivity contribution in [2.45, 2.75) is 31.9 Å². The van der Waals surface area contributed by atoms with Crippen LogP contribution in [0.3, 0.4) is 0 Å². The number of piperidine rings is 1. The zero-order valence-electron chi connectivity index (χ0n) is 14.3. The van der Waals surface area contributed by atoms with Crippen LogP contribution in [0.15, 0.2) is 42.5 Å². The SMILES string of the molecule is Cc1cc(C(=O)N2CCC(c3ccccc3C(F)(F)F)CC2)ccc1Cl. The van der Waals surface area contributed by atoms with Crippen molar-refractivity contribution < 1.29 is 18.0 Å². The molecule has 0 spiro atoms. The van der Waals surface area contributed by atoms with Crippen LogP contribution in [0.5, 0.6) is 0 Å². The van der Waals surface area contributed by atoms with E-state index in [9.17, 15) is 18.0 Å². The number of halogens is 4. The third-order valence-corrected chi connectivity index (χ3v) is 5.32. The first-order valence-corrected chi connectivity index (χ1v) is 8.86. The van der Waals surface area contributed by atoms with Crippen LogP contribution in [0.1, 0.15) is 45.8 Å². The fraction of sp³-hybridized carbons (Fsp3) is 0.350. The Morgan fingerprint density at radius 3 is 2.38 bits per heavy atom. The van der Waals surface area contributed by atoms with Crippen LogP contribution in [0.2, 0.25) is 5.02 Å². The van der Waals surface area contributed by atoms with E-state index in [1.807, 2.05) is 6.92 Å². The Bertz CT molecular complexity index is 811. The van der Waals surface area contributed by atoms with E-state index in [1.165, 1.54) is 6.07 Å². The minimum atomic E-state index is -4.36. The van der Waals surface area contributed by atoms with Crippen molar-refractivity contribution in [2.24, 2.45) is 0 Å². The summed E-state index contributed by atoms with van der Waals surface area (Å²) in [4.78, 5) is 14.3. The largest absolute Gasteiger partial charge is 0.416 e. The third-order valence-electron chi connectivity index (χ3n) is 4.89. The summed E-state index contributed by atoms with van der Waals surface area (Å²) in [5.74, 6) is -0.295. The van der Waals surface area contributed by atoms with Crippen LogP contribution >= 0.6 is 11.6 Å². The first-order chi connectivity index (χ1) is 12.3. The highest BCUT2D eigenvalue weighted by Crippen LogP contribution is 2.38. The Kier molecular flexibility index (Phi) is 5.28. The lowest BCUT2D eigenvalue weighted by Gasteiger charge is -2.33. The summed E-state index contributed by atoms with van der Waals surface area (Å²) in [5, 5.41) is 0.601. The second kappa shape index (κ2) is 7.31. The number of likely N-dealkylation sites (tertiary alicyclic amines) is 1. The number of nitrogens with zero attached hydrogens (tertiary/aromatic N) is 1. The second-order valence-electron chi connectivity index (χ2n) is 6.62. The monoisotopic (exact) mass is 381 g/mol. The van der Waals surface area contributed by atoms with E-state index >= 15 is 0 Å². The normalized spacial score (nSPS) is 16.0. The van der Waals surface area contributed by atoms with Crippen molar-refractivity contribution in [3.63, 3.8) is 0 Å². The van der Waals surface area contributed by atoms with Gasteiger partial charge >= 0.3 is 6.18 Å². The molecule has 2 aromatic carbocycles. The standard InChI is InChI=1S/C20H19ClF3NO/c1-13-12-15(6-7-18(13)21)19(26)25-10-8-14(9-11-25)16-4-2-3-5-17(16)20(22,23)24/h2-7,12,14H,8-11H2,1H3. The van der Waals surface area contributed by atoms with Gasteiger partial charge in [-0.05, 0) is 61.1 Å². The van der Waals surface area contributed by atoms with E-state index < -0.39 is 11.7 Å². The smallest absolute Gasteiger partial charge is 0.339 e. The minimum absolute atomic E-state index is 0.104. The van der Waals surface area contributed by atoms with E-state index in [0.717, 1.165) is 11.6 Å². The number of aryl methyl sites for hydroxylation is 1. The van der Waals surface area contributed by atoms with Gasteiger partial charge in [0.05, 0.1) is 5.56 Å². The van der Waals surface area contributed by atoms with Crippen LogP contribution in [0.25, 0.3) is 0 Å². The Morgan fingerprint density at radius 1 is 1.12 bits per heavy atom. The lowest BCUT2D eigenvalue weighted by molar-refractivity contribution is -0.138. The van der Waals surface area contributed by atoms with Gasteiger partial charge in [0.25, 0.3) is 5.91 Å². The summed E-state index contributed by atoms with van der Waals surface area (Å²) in [6.07, 6.45) is -3.32. The number of amides is 1. The zero-order chi connectivity index (χ0) is 18.9. The van der Waals surface area contributed by atoms with Gasteiger partial charge in [0.15, 0.2) is 0 Å². The lowest BCUT2D eigenvalue weighted by atomic mass is 9.86. The molecule has 2 aromatic rings. The van der Waals surface area contributed by atoms with Crippen LogP contribution in [-0.4, -0.2) is 23.9 Å². The molecule has 1 heterocycles. The molecule has 0 unspecified atom stereocenters. The molecule has 1 fully saturated rings. The Labute approximate surface area is 155 Å². The Balaban J connectivity index is 1.72. The van der Waals surface area contributed by atoms with Crippen molar-refractivity contribution >= 4 is 17.5 Å². The van der Waals surface area contributed by atoms with Crippen molar-refractivity contribution in [2.75, 3.05) is 13.1 Å². The molecule has 1 amide bonds. The molecule has 26 heavy (non-hydrogen) atoms. The van der Waals surface area contributed by atoms with Crippen molar-refractivity contribution in [3.05, 3.63) is 69.7 Å². The molecular formula is C20H19ClF3NO. The maximum Gasteiger partial charge on any atom is 0.416 e. The van der Waals surface area contributed by atoms with Gasteiger partial charge in [-0.15, -0.1) is 0 Å². The molecule has 0 atom stereocenters.